The van der Waals surface area contributed by atoms with Crippen LogP contribution in [0.1, 0.15) is 45.4 Å². The molecule has 2 rings (SSSR count). The lowest BCUT2D eigenvalue weighted by atomic mass is 9.81. The standard InChI is InChI=1S/C14H23NO4/c1-9-8-12(6-7-19-9)15-13(16)10-2-4-11(5-3-10)14(17)18/h9-12H,2-8H2,1H3,(H,15,16)(H,17,18). The Kier molecular flexibility index (Phi) is 4.80. The summed E-state index contributed by atoms with van der Waals surface area (Å²) in [6.07, 6.45) is 4.59. The lowest BCUT2D eigenvalue weighted by molar-refractivity contribution is -0.144. The van der Waals surface area contributed by atoms with Crippen LogP contribution in [0.2, 0.25) is 0 Å². The number of rotatable bonds is 3. The van der Waals surface area contributed by atoms with E-state index in [0.29, 0.717) is 32.3 Å². The second-order valence-corrected chi connectivity index (χ2v) is 5.80. The third kappa shape index (κ3) is 3.93. The minimum Gasteiger partial charge on any atom is -0.481 e. The van der Waals surface area contributed by atoms with E-state index < -0.39 is 5.97 Å². The second kappa shape index (κ2) is 6.37. The highest BCUT2D eigenvalue weighted by atomic mass is 16.5. The van der Waals surface area contributed by atoms with Crippen LogP contribution >= 0.6 is 0 Å². The van der Waals surface area contributed by atoms with Crippen LogP contribution in [0, 0.1) is 11.8 Å². The largest absolute Gasteiger partial charge is 0.481 e. The van der Waals surface area contributed by atoms with E-state index in [4.69, 9.17) is 9.84 Å². The van der Waals surface area contributed by atoms with Gasteiger partial charge in [-0.05, 0) is 45.4 Å². The fraction of sp³-hybridized carbons (Fsp3) is 0.857. The molecule has 19 heavy (non-hydrogen) atoms. The van der Waals surface area contributed by atoms with E-state index in [1.807, 2.05) is 6.92 Å². The van der Waals surface area contributed by atoms with Crippen LogP contribution in [0.3, 0.4) is 0 Å². The molecule has 1 saturated heterocycles. The second-order valence-electron chi connectivity index (χ2n) is 5.80. The van der Waals surface area contributed by atoms with Crippen LogP contribution in [-0.4, -0.2) is 35.7 Å². The maximum atomic E-state index is 12.2. The Balaban J connectivity index is 1.76. The summed E-state index contributed by atoms with van der Waals surface area (Å²) >= 11 is 0. The van der Waals surface area contributed by atoms with E-state index in [1.54, 1.807) is 0 Å². The van der Waals surface area contributed by atoms with Crippen molar-refractivity contribution < 1.29 is 19.4 Å². The van der Waals surface area contributed by atoms with E-state index in [9.17, 15) is 9.59 Å². The van der Waals surface area contributed by atoms with E-state index >= 15 is 0 Å². The van der Waals surface area contributed by atoms with Gasteiger partial charge in [-0.15, -0.1) is 0 Å². The molecule has 1 saturated carbocycles. The van der Waals surface area contributed by atoms with Crippen molar-refractivity contribution in [1.82, 2.24) is 5.32 Å². The van der Waals surface area contributed by atoms with Crippen molar-refractivity contribution in [3.8, 4) is 0 Å². The molecular weight excluding hydrogens is 246 g/mol. The molecule has 2 aliphatic rings. The molecule has 1 heterocycles. The van der Waals surface area contributed by atoms with Crippen molar-refractivity contribution in [2.75, 3.05) is 6.61 Å². The van der Waals surface area contributed by atoms with Gasteiger partial charge in [0.1, 0.15) is 0 Å². The van der Waals surface area contributed by atoms with Crippen molar-refractivity contribution in [2.24, 2.45) is 11.8 Å². The van der Waals surface area contributed by atoms with Crippen LogP contribution < -0.4 is 5.32 Å². The highest BCUT2D eigenvalue weighted by Gasteiger charge is 2.31. The molecule has 1 aliphatic carbocycles. The molecule has 5 heteroatoms. The number of ether oxygens (including phenoxy) is 1. The summed E-state index contributed by atoms with van der Waals surface area (Å²) in [5, 5.41) is 12.0. The first-order valence-corrected chi connectivity index (χ1v) is 7.21. The first-order valence-electron chi connectivity index (χ1n) is 7.21. The average molecular weight is 269 g/mol. The molecule has 2 fully saturated rings. The van der Waals surface area contributed by atoms with Gasteiger partial charge in [0.15, 0.2) is 0 Å². The summed E-state index contributed by atoms with van der Waals surface area (Å²) in [5.74, 6) is -0.888. The molecule has 0 spiro atoms. The van der Waals surface area contributed by atoms with Gasteiger partial charge in [-0.3, -0.25) is 9.59 Å². The number of amides is 1. The molecule has 2 atom stereocenters. The Morgan fingerprint density at radius 3 is 2.32 bits per heavy atom. The number of carbonyl (C=O) groups excluding carboxylic acids is 1. The van der Waals surface area contributed by atoms with Crippen LogP contribution in [0.15, 0.2) is 0 Å². The number of nitrogens with one attached hydrogen (secondary N) is 1. The summed E-state index contributed by atoms with van der Waals surface area (Å²) in [6.45, 7) is 2.73. The van der Waals surface area contributed by atoms with Gasteiger partial charge < -0.3 is 15.2 Å². The van der Waals surface area contributed by atoms with Gasteiger partial charge in [-0.25, -0.2) is 0 Å². The Morgan fingerprint density at radius 2 is 1.74 bits per heavy atom. The zero-order valence-corrected chi connectivity index (χ0v) is 11.4. The molecule has 1 amide bonds. The van der Waals surface area contributed by atoms with Crippen molar-refractivity contribution in [1.29, 1.82) is 0 Å². The Hall–Kier alpha value is -1.10. The number of carbonyl (C=O) groups is 2. The maximum absolute atomic E-state index is 12.2. The van der Waals surface area contributed by atoms with Crippen LogP contribution in [-0.2, 0) is 14.3 Å². The molecule has 5 nitrogen and oxygen atoms in total. The lowest BCUT2D eigenvalue weighted by Crippen LogP contribution is -2.44. The SMILES string of the molecule is CC1CC(NC(=O)C2CCC(C(=O)O)CC2)CCO1. The van der Waals surface area contributed by atoms with Gasteiger partial charge in [0.2, 0.25) is 5.91 Å². The molecule has 0 aromatic carbocycles. The van der Waals surface area contributed by atoms with Gasteiger partial charge >= 0.3 is 5.97 Å². The predicted octanol–water partition coefficient (Wildman–Crippen LogP) is 1.56. The molecule has 2 unspecified atom stereocenters. The highest BCUT2D eigenvalue weighted by Crippen LogP contribution is 2.29. The van der Waals surface area contributed by atoms with Crippen molar-refractivity contribution in [2.45, 2.75) is 57.6 Å². The summed E-state index contributed by atoms with van der Waals surface area (Å²) in [7, 11) is 0. The topological polar surface area (TPSA) is 75.6 Å². The van der Waals surface area contributed by atoms with Gasteiger partial charge in [-0.1, -0.05) is 0 Å². The van der Waals surface area contributed by atoms with Gasteiger partial charge in [0, 0.05) is 18.6 Å². The quantitative estimate of drug-likeness (QED) is 0.815. The van der Waals surface area contributed by atoms with E-state index in [1.165, 1.54) is 0 Å². The van der Waals surface area contributed by atoms with E-state index in [-0.39, 0.29) is 29.9 Å². The number of carboxylic acids is 1. The zero-order valence-electron chi connectivity index (χ0n) is 11.4. The summed E-state index contributed by atoms with van der Waals surface area (Å²) in [4.78, 5) is 23.0. The molecule has 1 aliphatic heterocycles. The molecule has 0 aromatic rings. The van der Waals surface area contributed by atoms with Gasteiger partial charge in [-0.2, -0.15) is 0 Å². The summed E-state index contributed by atoms with van der Waals surface area (Å²) < 4.78 is 5.46. The van der Waals surface area contributed by atoms with Crippen molar-refractivity contribution in [3.05, 3.63) is 0 Å². The third-order valence-electron chi connectivity index (χ3n) is 4.28. The molecule has 0 radical (unpaired) electrons. The predicted molar refractivity (Wildman–Crippen MR) is 69.7 cm³/mol. The fourth-order valence-corrected chi connectivity index (χ4v) is 3.05. The van der Waals surface area contributed by atoms with E-state index in [0.717, 1.165) is 12.8 Å². The van der Waals surface area contributed by atoms with Gasteiger partial charge in [0.05, 0.1) is 12.0 Å². The summed E-state index contributed by atoms with van der Waals surface area (Å²) in [5.41, 5.74) is 0. The van der Waals surface area contributed by atoms with Gasteiger partial charge in [0.25, 0.3) is 0 Å². The number of hydrogen-bond donors (Lipinski definition) is 2. The molecular formula is C14H23NO4. The third-order valence-corrected chi connectivity index (χ3v) is 4.28. The number of aliphatic carboxylic acids is 1. The monoisotopic (exact) mass is 269 g/mol. The Labute approximate surface area is 113 Å². The molecule has 2 N–H and O–H groups in total. The van der Waals surface area contributed by atoms with E-state index in [2.05, 4.69) is 5.32 Å². The highest BCUT2D eigenvalue weighted by molar-refractivity contribution is 5.79. The fourth-order valence-electron chi connectivity index (χ4n) is 3.05. The minimum absolute atomic E-state index is 0.00579. The zero-order chi connectivity index (χ0) is 13.8. The van der Waals surface area contributed by atoms with Crippen molar-refractivity contribution >= 4 is 11.9 Å². The van der Waals surface area contributed by atoms with Crippen LogP contribution in [0.25, 0.3) is 0 Å². The lowest BCUT2D eigenvalue weighted by Gasteiger charge is -2.31. The first-order chi connectivity index (χ1) is 9.06. The first kappa shape index (κ1) is 14.3. The molecule has 108 valence electrons. The van der Waals surface area contributed by atoms with Crippen LogP contribution in [0.5, 0.6) is 0 Å². The number of carboxylic acid groups (broad SMARTS) is 1. The summed E-state index contributed by atoms with van der Waals surface area (Å²) in [6, 6.07) is 0.216. The average Bonchev–Trinajstić information content (AvgIpc) is 2.39. The van der Waals surface area contributed by atoms with Crippen LogP contribution in [0.4, 0.5) is 0 Å². The molecule has 0 bridgehead atoms. The smallest absolute Gasteiger partial charge is 0.306 e. The maximum Gasteiger partial charge on any atom is 0.306 e. The minimum atomic E-state index is -0.725. The molecule has 0 aromatic heterocycles. The Bertz CT molecular complexity index is 336. The Morgan fingerprint density at radius 1 is 1.11 bits per heavy atom. The van der Waals surface area contributed by atoms with Crippen molar-refractivity contribution in [3.63, 3.8) is 0 Å². The number of hydrogen-bond acceptors (Lipinski definition) is 3. The normalized spacial score (nSPS) is 35.6.